The van der Waals surface area contributed by atoms with Crippen molar-refractivity contribution in [1.82, 2.24) is 5.01 Å². The van der Waals surface area contributed by atoms with Crippen LogP contribution in [-0.4, -0.2) is 23.2 Å². The van der Waals surface area contributed by atoms with Crippen LogP contribution >= 0.6 is 11.3 Å². The molecule has 1 aliphatic rings. The highest BCUT2D eigenvalue weighted by Crippen LogP contribution is 2.18. The molecule has 1 aromatic carbocycles. The zero-order chi connectivity index (χ0) is 13.9. The standard InChI is InChI=1S/C15H13FN2OS/c16-12-5-3-11(4-6-12)10-15(19)18-8-7-13(17-18)14-2-1-9-20-14/h1-6,9H,7-8,10H2. The summed E-state index contributed by atoms with van der Waals surface area (Å²) in [7, 11) is 0. The summed E-state index contributed by atoms with van der Waals surface area (Å²) in [6.07, 6.45) is 1.04. The van der Waals surface area contributed by atoms with Gasteiger partial charge in [-0.1, -0.05) is 18.2 Å². The molecule has 0 bridgehead atoms. The third-order valence-electron chi connectivity index (χ3n) is 3.16. The lowest BCUT2D eigenvalue weighted by atomic mass is 10.1. The van der Waals surface area contributed by atoms with Gasteiger partial charge in [0.15, 0.2) is 0 Å². The second-order valence-electron chi connectivity index (χ2n) is 4.59. The minimum absolute atomic E-state index is 0.0526. The predicted octanol–water partition coefficient (Wildman–Crippen LogP) is 3.07. The number of benzene rings is 1. The van der Waals surface area contributed by atoms with Crippen LogP contribution in [-0.2, 0) is 11.2 Å². The molecule has 1 aliphatic heterocycles. The molecule has 0 fully saturated rings. The fourth-order valence-corrected chi connectivity index (χ4v) is 2.86. The summed E-state index contributed by atoms with van der Waals surface area (Å²) in [6.45, 7) is 0.618. The Balaban J connectivity index is 1.68. The summed E-state index contributed by atoms with van der Waals surface area (Å²) in [6, 6.07) is 9.99. The van der Waals surface area contributed by atoms with E-state index in [2.05, 4.69) is 5.10 Å². The molecule has 0 unspecified atom stereocenters. The van der Waals surface area contributed by atoms with Gasteiger partial charge in [0.2, 0.25) is 5.91 Å². The molecule has 3 nitrogen and oxygen atoms in total. The molecule has 0 atom stereocenters. The Bertz CT molecular complexity index is 634. The largest absolute Gasteiger partial charge is 0.273 e. The van der Waals surface area contributed by atoms with Crippen molar-refractivity contribution in [2.24, 2.45) is 5.10 Å². The summed E-state index contributed by atoms with van der Waals surface area (Å²) < 4.78 is 12.8. The van der Waals surface area contributed by atoms with Gasteiger partial charge in [0.1, 0.15) is 5.82 Å². The predicted molar refractivity (Wildman–Crippen MR) is 77.3 cm³/mol. The van der Waals surface area contributed by atoms with Crippen molar-refractivity contribution in [1.29, 1.82) is 0 Å². The van der Waals surface area contributed by atoms with Crippen LogP contribution in [0.25, 0.3) is 0 Å². The van der Waals surface area contributed by atoms with Crippen molar-refractivity contribution in [2.75, 3.05) is 6.54 Å². The Labute approximate surface area is 120 Å². The van der Waals surface area contributed by atoms with E-state index < -0.39 is 0 Å². The van der Waals surface area contributed by atoms with Gasteiger partial charge < -0.3 is 0 Å². The average Bonchev–Trinajstić information content (AvgIpc) is 3.11. The maximum Gasteiger partial charge on any atom is 0.247 e. The summed E-state index contributed by atoms with van der Waals surface area (Å²) in [4.78, 5) is 13.3. The van der Waals surface area contributed by atoms with E-state index >= 15 is 0 Å². The van der Waals surface area contributed by atoms with Crippen LogP contribution in [0.2, 0.25) is 0 Å². The Morgan fingerprint density at radius 2 is 2.10 bits per heavy atom. The van der Waals surface area contributed by atoms with Crippen LogP contribution in [0.1, 0.15) is 16.9 Å². The molecule has 102 valence electrons. The third-order valence-corrected chi connectivity index (χ3v) is 4.08. The summed E-state index contributed by atoms with van der Waals surface area (Å²) in [5, 5.41) is 7.89. The first-order valence-corrected chi connectivity index (χ1v) is 7.26. The van der Waals surface area contributed by atoms with Crippen molar-refractivity contribution in [3.63, 3.8) is 0 Å². The van der Waals surface area contributed by atoms with Crippen molar-refractivity contribution in [3.8, 4) is 0 Å². The number of carbonyl (C=O) groups is 1. The first-order chi connectivity index (χ1) is 9.72. The lowest BCUT2D eigenvalue weighted by Gasteiger charge is -2.11. The highest BCUT2D eigenvalue weighted by Gasteiger charge is 2.21. The molecule has 0 saturated carbocycles. The van der Waals surface area contributed by atoms with Gasteiger partial charge in [-0.3, -0.25) is 4.79 Å². The third kappa shape index (κ3) is 2.77. The number of hydrogen-bond acceptors (Lipinski definition) is 3. The maximum atomic E-state index is 12.8. The van der Waals surface area contributed by atoms with Gasteiger partial charge in [-0.05, 0) is 29.1 Å². The molecule has 3 rings (SSSR count). The molecule has 0 radical (unpaired) electrons. The zero-order valence-corrected chi connectivity index (χ0v) is 11.6. The lowest BCUT2D eigenvalue weighted by Crippen LogP contribution is -2.25. The number of rotatable bonds is 3. The molecule has 5 heteroatoms. The van der Waals surface area contributed by atoms with E-state index in [1.807, 2.05) is 17.5 Å². The van der Waals surface area contributed by atoms with Gasteiger partial charge in [0.05, 0.1) is 23.6 Å². The number of nitrogens with zero attached hydrogens (tertiary/aromatic N) is 2. The second kappa shape index (κ2) is 5.54. The SMILES string of the molecule is O=C(Cc1ccc(F)cc1)N1CCC(c2cccs2)=N1. The molecular formula is C15H13FN2OS. The van der Waals surface area contributed by atoms with E-state index in [0.717, 1.165) is 22.6 Å². The maximum absolute atomic E-state index is 12.8. The van der Waals surface area contributed by atoms with E-state index in [-0.39, 0.29) is 18.1 Å². The van der Waals surface area contributed by atoms with E-state index in [9.17, 15) is 9.18 Å². The smallest absolute Gasteiger partial charge is 0.247 e. The number of halogens is 1. The molecule has 1 aromatic heterocycles. The number of thiophene rings is 1. The van der Waals surface area contributed by atoms with Crippen LogP contribution < -0.4 is 0 Å². The highest BCUT2D eigenvalue weighted by molar-refractivity contribution is 7.12. The molecule has 20 heavy (non-hydrogen) atoms. The van der Waals surface area contributed by atoms with Crippen LogP contribution in [0.5, 0.6) is 0 Å². The monoisotopic (exact) mass is 288 g/mol. The van der Waals surface area contributed by atoms with Crippen LogP contribution in [0.4, 0.5) is 4.39 Å². The van der Waals surface area contributed by atoms with Gasteiger partial charge in [-0.15, -0.1) is 11.3 Å². The van der Waals surface area contributed by atoms with E-state index in [0.29, 0.717) is 6.54 Å². The lowest BCUT2D eigenvalue weighted by molar-refractivity contribution is -0.130. The molecule has 2 heterocycles. The van der Waals surface area contributed by atoms with Crippen molar-refractivity contribution in [3.05, 3.63) is 58.0 Å². The Hall–Kier alpha value is -2.01. The van der Waals surface area contributed by atoms with Crippen molar-refractivity contribution in [2.45, 2.75) is 12.8 Å². The topological polar surface area (TPSA) is 32.7 Å². The van der Waals surface area contributed by atoms with Crippen molar-refractivity contribution >= 4 is 23.0 Å². The normalized spacial score (nSPS) is 14.4. The first-order valence-electron chi connectivity index (χ1n) is 6.38. The minimum atomic E-state index is -0.291. The van der Waals surface area contributed by atoms with Gasteiger partial charge in [0.25, 0.3) is 0 Å². The summed E-state index contributed by atoms with van der Waals surface area (Å²) in [5.41, 5.74) is 1.77. The number of amides is 1. The highest BCUT2D eigenvalue weighted by atomic mass is 32.1. The number of hydrogen-bond donors (Lipinski definition) is 0. The van der Waals surface area contributed by atoms with Gasteiger partial charge in [-0.2, -0.15) is 5.10 Å². The van der Waals surface area contributed by atoms with E-state index in [1.54, 1.807) is 23.5 Å². The zero-order valence-electron chi connectivity index (χ0n) is 10.8. The number of carbonyl (C=O) groups excluding carboxylic acids is 1. The fraction of sp³-hybridized carbons (Fsp3) is 0.200. The second-order valence-corrected chi connectivity index (χ2v) is 5.54. The van der Waals surface area contributed by atoms with Gasteiger partial charge >= 0.3 is 0 Å². The Morgan fingerprint density at radius 3 is 2.80 bits per heavy atom. The Morgan fingerprint density at radius 1 is 1.30 bits per heavy atom. The first kappa shape index (κ1) is 13.0. The molecule has 0 N–H and O–H groups in total. The molecular weight excluding hydrogens is 275 g/mol. The van der Waals surface area contributed by atoms with E-state index in [4.69, 9.17) is 0 Å². The van der Waals surface area contributed by atoms with E-state index in [1.165, 1.54) is 17.1 Å². The summed E-state index contributed by atoms with van der Waals surface area (Å²) in [5.74, 6) is -0.344. The fourth-order valence-electron chi connectivity index (χ4n) is 2.12. The van der Waals surface area contributed by atoms with Gasteiger partial charge in [-0.25, -0.2) is 9.40 Å². The molecule has 2 aromatic rings. The van der Waals surface area contributed by atoms with Crippen LogP contribution in [0.15, 0.2) is 46.9 Å². The van der Waals surface area contributed by atoms with Crippen LogP contribution in [0.3, 0.4) is 0 Å². The quantitative estimate of drug-likeness (QED) is 0.854. The van der Waals surface area contributed by atoms with Gasteiger partial charge in [0, 0.05) is 6.42 Å². The Kier molecular flexibility index (Phi) is 3.60. The molecule has 1 amide bonds. The minimum Gasteiger partial charge on any atom is -0.273 e. The molecule has 0 spiro atoms. The summed E-state index contributed by atoms with van der Waals surface area (Å²) >= 11 is 1.63. The molecule has 0 saturated heterocycles. The number of hydrazone groups is 1. The van der Waals surface area contributed by atoms with Crippen LogP contribution in [0, 0.1) is 5.82 Å². The average molecular weight is 288 g/mol. The molecule has 0 aliphatic carbocycles. The van der Waals surface area contributed by atoms with Crippen molar-refractivity contribution < 1.29 is 9.18 Å².